The maximum Gasteiger partial charge on any atom is 0.249 e. The third kappa shape index (κ3) is 8.64. The summed E-state index contributed by atoms with van der Waals surface area (Å²) >= 11 is 3.83. The predicted molar refractivity (Wildman–Crippen MR) is 376 cm³/mol. The molecular formula is C80H56B2N4S2. The predicted octanol–water partition coefficient (Wildman–Crippen LogP) is 18.1. The Morgan fingerprint density at radius 2 is 0.716 bits per heavy atom. The smallest absolute Gasteiger partial charge is 0.249 e. The first-order valence-corrected chi connectivity index (χ1v) is 31.9. The molecule has 0 N–H and O–H groups in total. The highest BCUT2D eigenvalue weighted by Gasteiger charge is 2.47. The van der Waals surface area contributed by atoms with Gasteiger partial charge in [-0.3, -0.25) is 0 Å². The molecule has 4 aliphatic rings. The topological polar surface area (TPSA) is 13.0 Å². The summed E-state index contributed by atoms with van der Waals surface area (Å²) in [5, 5.41) is 0. The Morgan fingerprint density at radius 3 is 1.24 bits per heavy atom. The molecule has 88 heavy (non-hydrogen) atoms. The number of nitrogens with zero attached hydrogens (tertiary/aromatic N) is 4. The van der Waals surface area contributed by atoms with E-state index in [1.54, 1.807) is 0 Å². The van der Waals surface area contributed by atoms with Crippen molar-refractivity contribution in [1.82, 2.24) is 0 Å². The number of rotatable bonds is 10. The van der Waals surface area contributed by atoms with Gasteiger partial charge in [-0.2, -0.15) is 0 Å². The average Bonchev–Trinajstić information content (AvgIpc) is 1.01. The van der Waals surface area contributed by atoms with Gasteiger partial charge in [-0.25, -0.2) is 0 Å². The van der Waals surface area contributed by atoms with E-state index < -0.39 is 0 Å². The van der Waals surface area contributed by atoms with Crippen LogP contribution in [0.2, 0.25) is 0 Å². The van der Waals surface area contributed by atoms with Crippen LogP contribution >= 0.6 is 23.5 Å². The van der Waals surface area contributed by atoms with Crippen LogP contribution in [0, 0.1) is 13.8 Å². The van der Waals surface area contributed by atoms with Gasteiger partial charge in [0.05, 0.1) is 5.69 Å². The Bertz CT molecular complexity index is 4700. The normalized spacial score (nSPS) is 12.9. The molecule has 13 aromatic rings. The van der Waals surface area contributed by atoms with Crippen LogP contribution < -0.4 is 52.4 Å². The minimum absolute atomic E-state index is 0.0724. The van der Waals surface area contributed by atoms with Gasteiger partial charge in [-0.1, -0.05) is 246 Å². The van der Waals surface area contributed by atoms with E-state index in [0.29, 0.717) is 0 Å². The van der Waals surface area contributed by atoms with Crippen molar-refractivity contribution in [2.75, 3.05) is 19.6 Å². The summed E-state index contributed by atoms with van der Waals surface area (Å²) in [5.74, 6) is 0. The number of hydrogen-bond acceptors (Lipinski definition) is 6. The summed E-state index contributed by atoms with van der Waals surface area (Å²) in [4.78, 5) is 15.1. The maximum atomic E-state index is 2.69. The molecular weight excluding hydrogens is 1100 g/mol. The second kappa shape index (κ2) is 21.4. The summed E-state index contributed by atoms with van der Waals surface area (Å²) in [7, 11) is 0. The van der Waals surface area contributed by atoms with Crippen LogP contribution in [0.1, 0.15) is 11.1 Å². The van der Waals surface area contributed by atoms with Gasteiger partial charge in [0.25, 0.3) is 0 Å². The number of hydrogen-bond donors (Lipinski definition) is 0. The lowest BCUT2D eigenvalue weighted by atomic mass is 9.31. The van der Waals surface area contributed by atoms with Crippen LogP contribution in [0.15, 0.2) is 323 Å². The minimum Gasteiger partial charge on any atom is -0.311 e. The van der Waals surface area contributed by atoms with E-state index in [2.05, 4.69) is 337 Å². The van der Waals surface area contributed by atoms with Crippen LogP contribution in [0.3, 0.4) is 0 Å². The minimum atomic E-state index is -0.0810. The highest BCUT2D eigenvalue weighted by atomic mass is 32.2. The number of aryl methyl sites for hydroxylation is 2. The first kappa shape index (κ1) is 52.2. The molecule has 0 spiro atoms. The van der Waals surface area contributed by atoms with Crippen LogP contribution in [0.5, 0.6) is 0 Å². The molecule has 414 valence electrons. The summed E-state index contributed by atoms with van der Waals surface area (Å²) in [5.41, 5.74) is 28.6. The SMILES string of the molecule is Cc1ccc(-c2cccc(-c3ccc(C)cc3)c2N2c3cc4c(cc3B3c5ccccc5Sc5cc(N(c6ccccc6)c6ccccc6)cc2c53)B2c3ccccc3N(c3ccccc3)c3cc(N(c5ccccc5)c5ccccc5)cc(c32)S4)cc1. The molecule has 0 aliphatic carbocycles. The second-order valence-electron chi connectivity index (χ2n) is 23.3. The van der Waals surface area contributed by atoms with Crippen molar-refractivity contribution >= 4 is 138 Å². The molecule has 0 aromatic heterocycles. The number of para-hydroxylation sites is 7. The van der Waals surface area contributed by atoms with Gasteiger partial charge < -0.3 is 19.6 Å². The number of fused-ring (bicyclic) bond motifs is 8. The molecule has 0 radical (unpaired) electrons. The molecule has 0 saturated carbocycles. The van der Waals surface area contributed by atoms with Crippen LogP contribution in [-0.2, 0) is 0 Å². The summed E-state index contributed by atoms with van der Waals surface area (Å²) in [6, 6.07) is 113. The number of benzene rings is 13. The summed E-state index contributed by atoms with van der Waals surface area (Å²) < 4.78 is 0. The fourth-order valence-electron chi connectivity index (χ4n) is 14.1. The first-order valence-electron chi connectivity index (χ1n) is 30.3. The zero-order chi connectivity index (χ0) is 58.4. The Morgan fingerprint density at radius 1 is 0.284 bits per heavy atom. The average molecular weight is 1160 g/mol. The lowest BCUT2D eigenvalue weighted by molar-refractivity contribution is 1.22. The van der Waals surface area contributed by atoms with Crippen molar-refractivity contribution in [3.8, 4) is 22.3 Å². The summed E-state index contributed by atoms with van der Waals surface area (Å²) in [6.45, 7) is 4.21. The zero-order valence-corrected chi connectivity index (χ0v) is 50.3. The highest BCUT2D eigenvalue weighted by molar-refractivity contribution is 8.00. The number of anilines is 12. The molecule has 4 aliphatic heterocycles. The van der Waals surface area contributed by atoms with E-state index in [9.17, 15) is 0 Å². The molecule has 0 atom stereocenters. The lowest BCUT2D eigenvalue weighted by Crippen LogP contribution is -2.64. The largest absolute Gasteiger partial charge is 0.311 e. The molecule has 0 saturated heterocycles. The quantitative estimate of drug-likeness (QED) is 0.126. The van der Waals surface area contributed by atoms with Crippen molar-refractivity contribution in [3.05, 3.63) is 314 Å². The van der Waals surface area contributed by atoms with Crippen LogP contribution in [0.25, 0.3) is 22.3 Å². The molecule has 0 fully saturated rings. The van der Waals surface area contributed by atoms with Crippen molar-refractivity contribution in [1.29, 1.82) is 0 Å². The fourth-order valence-corrected chi connectivity index (χ4v) is 16.5. The molecule has 8 heteroatoms. The van der Waals surface area contributed by atoms with Gasteiger partial charge in [0, 0.05) is 93.3 Å². The van der Waals surface area contributed by atoms with Gasteiger partial charge in [0.2, 0.25) is 13.4 Å². The Balaban J connectivity index is 0.981. The van der Waals surface area contributed by atoms with Gasteiger partial charge >= 0.3 is 0 Å². The molecule has 13 aromatic carbocycles. The van der Waals surface area contributed by atoms with Crippen molar-refractivity contribution in [2.45, 2.75) is 33.4 Å². The molecule has 4 heterocycles. The van der Waals surface area contributed by atoms with Gasteiger partial charge in [0.15, 0.2) is 0 Å². The van der Waals surface area contributed by atoms with E-state index in [1.807, 2.05) is 23.5 Å². The molecule has 0 amide bonds. The first-order chi connectivity index (χ1) is 43.5. The van der Waals surface area contributed by atoms with E-state index in [4.69, 9.17) is 0 Å². The van der Waals surface area contributed by atoms with E-state index in [0.717, 1.165) is 45.5 Å². The zero-order valence-electron chi connectivity index (χ0n) is 48.6. The van der Waals surface area contributed by atoms with Gasteiger partial charge in [-0.05, 0) is 150 Å². The van der Waals surface area contributed by atoms with Crippen molar-refractivity contribution < 1.29 is 0 Å². The van der Waals surface area contributed by atoms with Crippen molar-refractivity contribution in [3.63, 3.8) is 0 Å². The third-order valence-electron chi connectivity index (χ3n) is 18.0. The molecule has 0 bridgehead atoms. The van der Waals surface area contributed by atoms with E-state index >= 15 is 0 Å². The van der Waals surface area contributed by atoms with Gasteiger partial charge in [0.1, 0.15) is 0 Å². The monoisotopic (exact) mass is 1160 g/mol. The van der Waals surface area contributed by atoms with E-state index in [1.165, 1.54) is 108 Å². The van der Waals surface area contributed by atoms with Crippen molar-refractivity contribution in [2.24, 2.45) is 0 Å². The van der Waals surface area contributed by atoms with Crippen LogP contribution in [0.4, 0.5) is 68.2 Å². The highest BCUT2D eigenvalue weighted by Crippen LogP contribution is 2.53. The maximum absolute atomic E-state index is 2.69. The molecule has 17 rings (SSSR count). The van der Waals surface area contributed by atoms with Crippen LogP contribution in [-0.4, -0.2) is 13.4 Å². The Hall–Kier alpha value is -10.1. The van der Waals surface area contributed by atoms with Gasteiger partial charge in [-0.15, -0.1) is 0 Å². The Labute approximate surface area is 524 Å². The molecule has 4 nitrogen and oxygen atoms in total. The lowest BCUT2D eigenvalue weighted by Gasteiger charge is -2.44. The molecule has 0 unspecified atom stereocenters. The Kier molecular flexibility index (Phi) is 12.7. The van der Waals surface area contributed by atoms with E-state index in [-0.39, 0.29) is 13.4 Å². The summed E-state index contributed by atoms with van der Waals surface area (Å²) in [6.07, 6.45) is 0. The standard InChI is InChI=1S/C80H56B2N4S2/c1-53-39-43-55(44-40-53)64-33-22-34-65(56-45-41-54(2)42-46-56)80(64)86-71-52-75-69(51-68(71)82-67-36-19-21-38-74(67)87-76-49-63(48-73(86)79(76)82)84(59-27-12-5-13-28-59)60-29-14-6-15-30-60)81-66-35-18-20-37-70(66)85(61-31-16-7-17-32-61)72-47-62(50-77(88-75)78(72)81)83(57-23-8-3-9-24-57)58-25-10-4-11-26-58/h3-52H,1-2H3. The second-order valence-corrected chi connectivity index (χ2v) is 25.5. The third-order valence-corrected chi connectivity index (χ3v) is 20.3. The fraction of sp³-hybridized carbons (Fsp3) is 0.0250.